The molecule has 11 nitrogen and oxygen atoms in total. The van der Waals surface area contributed by atoms with E-state index in [0.717, 1.165) is 5.69 Å². The number of anilines is 3. The highest BCUT2D eigenvalue weighted by molar-refractivity contribution is 5.93. The monoisotopic (exact) mass is 456 g/mol. The average Bonchev–Trinajstić information content (AvgIpc) is 2.77. The molecule has 33 heavy (non-hydrogen) atoms. The van der Waals surface area contributed by atoms with E-state index < -0.39 is 10.5 Å². The van der Waals surface area contributed by atoms with Crippen molar-refractivity contribution >= 4 is 34.9 Å². The molecule has 3 rings (SSSR count). The van der Waals surface area contributed by atoms with Gasteiger partial charge in [-0.1, -0.05) is 12.1 Å². The van der Waals surface area contributed by atoms with E-state index >= 15 is 0 Å². The highest BCUT2D eigenvalue weighted by atomic mass is 16.6. The summed E-state index contributed by atoms with van der Waals surface area (Å²) in [6.45, 7) is 7.77. The van der Waals surface area contributed by atoms with Crippen LogP contribution in [0.3, 0.4) is 0 Å². The van der Waals surface area contributed by atoms with Gasteiger partial charge in [0.05, 0.1) is 23.4 Å². The van der Waals surface area contributed by atoms with Gasteiger partial charge in [0.2, 0.25) is 5.91 Å². The molecule has 0 spiro atoms. The number of hydrogen-bond donors (Lipinski definition) is 2. The first-order valence-electron chi connectivity index (χ1n) is 10.6. The lowest BCUT2D eigenvalue weighted by molar-refractivity contribution is -0.383. The summed E-state index contributed by atoms with van der Waals surface area (Å²) in [5.74, 6) is -0.000113. The van der Waals surface area contributed by atoms with Crippen molar-refractivity contribution in [2.45, 2.75) is 26.4 Å². The molecule has 0 aliphatic carbocycles. The summed E-state index contributed by atoms with van der Waals surface area (Å²) in [7, 11) is 0. The Labute approximate surface area is 191 Å². The number of para-hydroxylation sites is 2. The fraction of sp³-hybridized carbons (Fsp3) is 0.409. The molecule has 11 heteroatoms. The molecule has 1 saturated heterocycles. The quantitative estimate of drug-likeness (QED) is 0.501. The second-order valence-electron chi connectivity index (χ2n) is 8.53. The minimum atomic E-state index is -0.524. The van der Waals surface area contributed by atoms with Gasteiger partial charge in [-0.3, -0.25) is 14.9 Å². The maximum Gasteiger partial charge on any atom is 0.410 e. The molecule has 1 fully saturated rings. The van der Waals surface area contributed by atoms with E-state index in [1.165, 1.54) is 6.07 Å². The van der Waals surface area contributed by atoms with Gasteiger partial charge in [0, 0.05) is 32.2 Å². The number of benzene rings is 1. The summed E-state index contributed by atoms with van der Waals surface area (Å²) >= 11 is 0. The Morgan fingerprint density at radius 1 is 1.12 bits per heavy atom. The number of nitrogens with one attached hydrogen (secondary N) is 2. The lowest BCUT2D eigenvalue weighted by Crippen LogP contribution is -2.50. The highest BCUT2D eigenvalue weighted by Gasteiger charge is 2.26. The summed E-state index contributed by atoms with van der Waals surface area (Å²) < 4.78 is 5.41. The summed E-state index contributed by atoms with van der Waals surface area (Å²) in [6, 6.07) is 9.67. The summed E-state index contributed by atoms with van der Waals surface area (Å²) in [6.07, 6.45) is 1.35. The number of nitro groups is 1. The second kappa shape index (κ2) is 10.2. The maximum absolute atomic E-state index is 12.2. The van der Waals surface area contributed by atoms with Crippen molar-refractivity contribution in [2.75, 3.05) is 48.3 Å². The van der Waals surface area contributed by atoms with Crippen LogP contribution in [0.2, 0.25) is 0 Å². The van der Waals surface area contributed by atoms with E-state index in [0.29, 0.717) is 32.0 Å². The molecule has 2 heterocycles. The zero-order chi connectivity index (χ0) is 24.0. The van der Waals surface area contributed by atoms with Crippen LogP contribution in [0.25, 0.3) is 0 Å². The van der Waals surface area contributed by atoms with E-state index in [4.69, 9.17) is 4.74 Å². The van der Waals surface area contributed by atoms with E-state index in [2.05, 4.69) is 20.5 Å². The molecule has 2 amide bonds. The number of pyridine rings is 1. The molecule has 0 radical (unpaired) electrons. The minimum Gasteiger partial charge on any atom is -0.444 e. The lowest BCUT2D eigenvalue weighted by Gasteiger charge is -2.36. The zero-order valence-corrected chi connectivity index (χ0v) is 18.9. The largest absolute Gasteiger partial charge is 0.444 e. The van der Waals surface area contributed by atoms with Crippen molar-refractivity contribution < 1.29 is 19.2 Å². The van der Waals surface area contributed by atoms with E-state index in [1.54, 1.807) is 35.4 Å². The first-order chi connectivity index (χ1) is 15.6. The number of amides is 2. The standard InChI is InChI=1S/C22H28N6O5/c1-22(2,3)33-21(30)27-12-10-26(11-13-27)16-8-9-19(24-14-16)25-20(29)15-23-17-6-4-5-7-18(17)28(31)32/h4-9,14,23H,10-13,15H2,1-3H3,(H,24,25,29). The van der Waals surface area contributed by atoms with Crippen LogP contribution in [0.15, 0.2) is 42.6 Å². The van der Waals surface area contributed by atoms with Gasteiger partial charge < -0.3 is 25.2 Å². The van der Waals surface area contributed by atoms with Crippen LogP contribution < -0.4 is 15.5 Å². The number of aromatic nitrogens is 1. The van der Waals surface area contributed by atoms with Crippen LogP contribution in [0, 0.1) is 10.1 Å². The number of ether oxygens (including phenoxy) is 1. The van der Waals surface area contributed by atoms with Crippen LogP contribution in [-0.2, 0) is 9.53 Å². The number of carbonyl (C=O) groups is 2. The highest BCUT2D eigenvalue weighted by Crippen LogP contribution is 2.23. The molecule has 1 aliphatic rings. The molecule has 2 N–H and O–H groups in total. The molecule has 1 aromatic heterocycles. The number of nitro benzene ring substituents is 1. The van der Waals surface area contributed by atoms with Crippen LogP contribution >= 0.6 is 0 Å². The topological polar surface area (TPSA) is 130 Å². The van der Waals surface area contributed by atoms with Crippen LogP contribution in [-0.4, -0.2) is 65.1 Å². The molecule has 1 aromatic carbocycles. The van der Waals surface area contributed by atoms with E-state index in [9.17, 15) is 19.7 Å². The maximum atomic E-state index is 12.2. The fourth-order valence-electron chi connectivity index (χ4n) is 3.27. The van der Waals surface area contributed by atoms with Crippen molar-refractivity contribution in [1.29, 1.82) is 0 Å². The Hall–Kier alpha value is -3.89. The predicted molar refractivity (Wildman–Crippen MR) is 124 cm³/mol. The van der Waals surface area contributed by atoms with Gasteiger partial charge in [-0.05, 0) is 39.0 Å². The summed E-state index contributed by atoms with van der Waals surface area (Å²) in [4.78, 5) is 43.0. The molecule has 1 aliphatic heterocycles. The second-order valence-corrected chi connectivity index (χ2v) is 8.53. The van der Waals surface area contributed by atoms with Gasteiger partial charge in [0.1, 0.15) is 17.1 Å². The first-order valence-corrected chi connectivity index (χ1v) is 10.6. The molecule has 0 bridgehead atoms. The van der Waals surface area contributed by atoms with Crippen molar-refractivity contribution in [1.82, 2.24) is 9.88 Å². The molecule has 2 aromatic rings. The zero-order valence-electron chi connectivity index (χ0n) is 18.9. The number of nitrogens with zero attached hydrogens (tertiary/aromatic N) is 4. The average molecular weight is 457 g/mol. The third-order valence-corrected chi connectivity index (χ3v) is 4.85. The predicted octanol–water partition coefficient (Wildman–Crippen LogP) is 3.10. The van der Waals surface area contributed by atoms with Gasteiger partial charge in [-0.2, -0.15) is 0 Å². The Kier molecular flexibility index (Phi) is 7.31. The third kappa shape index (κ3) is 6.79. The Morgan fingerprint density at radius 3 is 2.42 bits per heavy atom. The Bertz CT molecular complexity index is 997. The van der Waals surface area contributed by atoms with Crippen molar-refractivity contribution in [3.05, 3.63) is 52.7 Å². The number of piperazine rings is 1. The van der Waals surface area contributed by atoms with Crippen LogP contribution in [0.5, 0.6) is 0 Å². The molecular formula is C22H28N6O5. The van der Waals surface area contributed by atoms with Gasteiger partial charge in [0.15, 0.2) is 0 Å². The van der Waals surface area contributed by atoms with Gasteiger partial charge >= 0.3 is 6.09 Å². The molecule has 176 valence electrons. The first kappa shape index (κ1) is 23.8. The number of carbonyl (C=O) groups excluding carboxylic acids is 2. The normalized spacial score (nSPS) is 13.9. The molecular weight excluding hydrogens is 428 g/mol. The summed E-state index contributed by atoms with van der Waals surface area (Å²) in [5, 5.41) is 16.5. The fourth-order valence-corrected chi connectivity index (χ4v) is 3.27. The smallest absolute Gasteiger partial charge is 0.410 e. The molecule has 0 unspecified atom stereocenters. The van der Waals surface area contributed by atoms with Crippen molar-refractivity contribution in [3.8, 4) is 0 Å². The van der Waals surface area contributed by atoms with Crippen LogP contribution in [0.1, 0.15) is 20.8 Å². The number of hydrogen-bond acceptors (Lipinski definition) is 8. The summed E-state index contributed by atoms with van der Waals surface area (Å²) in [5.41, 5.74) is 0.532. The van der Waals surface area contributed by atoms with Crippen molar-refractivity contribution in [3.63, 3.8) is 0 Å². The SMILES string of the molecule is CC(C)(C)OC(=O)N1CCN(c2ccc(NC(=O)CNc3ccccc3[N+](=O)[O-])nc2)CC1. The van der Waals surface area contributed by atoms with Gasteiger partial charge in [0.25, 0.3) is 5.69 Å². The molecule has 0 atom stereocenters. The number of rotatable bonds is 6. The Balaban J connectivity index is 1.48. The minimum absolute atomic E-state index is 0.0976. The van der Waals surface area contributed by atoms with Crippen LogP contribution in [0.4, 0.5) is 27.7 Å². The van der Waals surface area contributed by atoms with Crippen molar-refractivity contribution in [2.24, 2.45) is 0 Å². The lowest BCUT2D eigenvalue weighted by atomic mass is 10.2. The molecule has 0 saturated carbocycles. The Morgan fingerprint density at radius 2 is 1.82 bits per heavy atom. The van der Waals surface area contributed by atoms with E-state index in [-0.39, 0.29) is 29.9 Å². The third-order valence-electron chi connectivity index (χ3n) is 4.85. The van der Waals surface area contributed by atoms with Gasteiger partial charge in [-0.15, -0.1) is 0 Å². The van der Waals surface area contributed by atoms with E-state index in [1.807, 2.05) is 26.8 Å². The van der Waals surface area contributed by atoms with Gasteiger partial charge in [-0.25, -0.2) is 9.78 Å².